The second-order valence-electron chi connectivity index (χ2n) is 6.05. The van der Waals surface area contributed by atoms with E-state index in [1.54, 1.807) is 6.20 Å². The number of nitrogens with zero attached hydrogens (tertiary/aromatic N) is 1. The van der Waals surface area contributed by atoms with Crippen molar-refractivity contribution in [2.75, 3.05) is 13.2 Å². The van der Waals surface area contributed by atoms with E-state index in [4.69, 9.17) is 9.47 Å². The van der Waals surface area contributed by atoms with Gasteiger partial charge in [-0.15, -0.1) is 0 Å². The SMILES string of the molecule is OC1(c2cncc3ccccc23)CCC2(CC1)OCCO2. The summed E-state index contributed by atoms with van der Waals surface area (Å²) in [7, 11) is 0. The fraction of sp³-hybridized carbons (Fsp3) is 0.471. The molecular formula is C17H19NO3. The van der Waals surface area contributed by atoms with Gasteiger partial charge in [0.1, 0.15) is 0 Å². The lowest BCUT2D eigenvalue weighted by molar-refractivity contribution is -0.204. The van der Waals surface area contributed by atoms with Gasteiger partial charge in [-0.05, 0) is 18.2 Å². The lowest BCUT2D eigenvalue weighted by Crippen LogP contribution is -2.42. The van der Waals surface area contributed by atoms with Gasteiger partial charge < -0.3 is 14.6 Å². The van der Waals surface area contributed by atoms with Gasteiger partial charge in [0.25, 0.3) is 0 Å². The van der Waals surface area contributed by atoms with Gasteiger partial charge in [0.15, 0.2) is 5.79 Å². The molecule has 4 nitrogen and oxygen atoms in total. The normalized spacial score (nSPS) is 23.7. The minimum absolute atomic E-state index is 0.454. The van der Waals surface area contributed by atoms with Crippen molar-refractivity contribution >= 4 is 10.8 Å². The zero-order valence-electron chi connectivity index (χ0n) is 11.9. The number of aliphatic hydroxyl groups is 1. The predicted octanol–water partition coefficient (Wildman–Crippen LogP) is 2.74. The summed E-state index contributed by atoms with van der Waals surface area (Å²) in [4.78, 5) is 4.30. The topological polar surface area (TPSA) is 51.6 Å². The summed E-state index contributed by atoms with van der Waals surface area (Å²) in [6.45, 7) is 1.32. The van der Waals surface area contributed by atoms with Gasteiger partial charge in [-0.25, -0.2) is 0 Å². The molecule has 2 aliphatic rings. The zero-order valence-corrected chi connectivity index (χ0v) is 11.9. The van der Waals surface area contributed by atoms with Gasteiger partial charge in [-0.1, -0.05) is 24.3 Å². The molecule has 4 heteroatoms. The van der Waals surface area contributed by atoms with Crippen molar-refractivity contribution in [2.24, 2.45) is 0 Å². The van der Waals surface area contributed by atoms with Crippen LogP contribution in [0, 0.1) is 0 Å². The molecule has 1 N–H and O–H groups in total. The van der Waals surface area contributed by atoms with Crippen LogP contribution in [0.25, 0.3) is 10.8 Å². The average Bonchev–Trinajstić information content (AvgIpc) is 2.99. The Kier molecular flexibility index (Phi) is 2.99. The molecule has 21 heavy (non-hydrogen) atoms. The molecule has 1 aromatic heterocycles. The molecule has 0 amide bonds. The Morgan fingerprint density at radius 2 is 1.67 bits per heavy atom. The van der Waals surface area contributed by atoms with E-state index in [0.717, 1.165) is 29.2 Å². The van der Waals surface area contributed by atoms with Crippen molar-refractivity contribution in [3.05, 3.63) is 42.2 Å². The third kappa shape index (κ3) is 2.14. The summed E-state index contributed by atoms with van der Waals surface area (Å²) >= 11 is 0. The van der Waals surface area contributed by atoms with Crippen molar-refractivity contribution in [2.45, 2.75) is 37.1 Å². The highest BCUT2D eigenvalue weighted by Gasteiger charge is 2.46. The van der Waals surface area contributed by atoms with Crippen LogP contribution in [0.15, 0.2) is 36.7 Å². The number of hydrogen-bond donors (Lipinski definition) is 1. The molecule has 1 aromatic carbocycles. The molecule has 1 aliphatic carbocycles. The molecule has 4 rings (SSSR count). The smallest absolute Gasteiger partial charge is 0.168 e. The van der Waals surface area contributed by atoms with Gasteiger partial charge in [0.2, 0.25) is 0 Å². The van der Waals surface area contributed by atoms with Crippen molar-refractivity contribution in [1.82, 2.24) is 4.98 Å². The summed E-state index contributed by atoms with van der Waals surface area (Å²) in [5.41, 5.74) is 0.0856. The van der Waals surface area contributed by atoms with E-state index in [-0.39, 0.29) is 0 Å². The van der Waals surface area contributed by atoms with Crippen LogP contribution in [0.2, 0.25) is 0 Å². The largest absolute Gasteiger partial charge is 0.385 e. The quantitative estimate of drug-likeness (QED) is 0.875. The van der Waals surface area contributed by atoms with E-state index in [2.05, 4.69) is 11.1 Å². The molecule has 1 saturated carbocycles. The Bertz CT molecular complexity index is 649. The van der Waals surface area contributed by atoms with Crippen molar-refractivity contribution < 1.29 is 14.6 Å². The lowest BCUT2D eigenvalue weighted by Gasteiger charge is -2.41. The van der Waals surface area contributed by atoms with Crippen LogP contribution in [0.3, 0.4) is 0 Å². The van der Waals surface area contributed by atoms with E-state index in [1.165, 1.54) is 0 Å². The van der Waals surface area contributed by atoms with Crippen LogP contribution in [-0.2, 0) is 15.1 Å². The standard InChI is InChI=1S/C17H19NO3/c19-16(5-7-17(8-6-16)20-9-10-21-17)15-12-18-11-13-3-1-2-4-14(13)15/h1-4,11-12,19H,5-10H2. The van der Waals surface area contributed by atoms with E-state index < -0.39 is 11.4 Å². The minimum atomic E-state index is -0.839. The van der Waals surface area contributed by atoms with Crippen LogP contribution in [0.5, 0.6) is 0 Å². The molecule has 2 fully saturated rings. The average molecular weight is 285 g/mol. The monoisotopic (exact) mass is 285 g/mol. The molecule has 0 atom stereocenters. The fourth-order valence-electron chi connectivity index (χ4n) is 3.59. The molecule has 110 valence electrons. The van der Waals surface area contributed by atoms with E-state index in [9.17, 15) is 5.11 Å². The number of benzene rings is 1. The number of ether oxygens (including phenoxy) is 2. The number of pyridine rings is 1. The van der Waals surface area contributed by atoms with E-state index in [1.807, 2.05) is 24.4 Å². The first-order valence-electron chi connectivity index (χ1n) is 7.54. The first kappa shape index (κ1) is 13.2. The molecule has 0 bridgehead atoms. The molecular weight excluding hydrogens is 266 g/mol. The summed E-state index contributed by atoms with van der Waals surface area (Å²) in [6.07, 6.45) is 6.39. The second kappa shape index (κ2) is 4.77. The van der Waals surface area contributed by atoms with Gasteiger partial charge in [0.05, 0.1) is 18.8 Å². The maximum atomic E-state index is 11.1. The first-order chi connectivity index (χ1) is 10.2. The Labute approximate surface area is 123 Å². The predicted molar refractivity (Wildman–Crippen MR) is 78.7 cm³/mol. The van der Waals surface area contributed by atoms with Crippen LogP contribution < -0.4 is 0 Å². The summed E-state index contributed by atoms with van der Waals surface area (Å²) in [6, 6.07) is 8.08. The third-order valence-corrected chi connectivity index (χ3v) is 4.82. The van der Waals surface area contributed by atoms with Crippen LogP contribution in [0.1, 0.15) is 31.2 Å². The highest BCUT2D eigenvalue weighted by Crippen LogP contribution is 2.46. The molecule has 1 spiro atoms. The second-order valence-corrected chi connectivity index (χ2v) is 6.05. The van der Waals surface area contributed by atoms with Crippen molar-refractivity contribution in [3.63, 3.8) is 0 Å². The number of hydrogen-bond acceptors (Lipinski definition) is 4. The van der Waals surface area contributed by atoms with Gasteiger partial charge >= 0.3 is 0 Å². The Balaban J connectivity index is 1.69. The molecule has 2 heterocycles. The van der Waals surface area contributed by atoms with E-state index >= 15 is 0 Å². The van der Waals surface area contributed by atoms with Crippen LogP contribution in [-0.4, -0.2) is 29.1 Å². The summed E-state index contributed by atoms with van der Waals surface area (Å²) in [5.74, 6) is -0.454. The lowest BCUT2D eigenvalue weighted by atomic mass is 9.76. The summed E-state index contributed by atoms with van der Waals surface area (Å²) in [5, 5.41) is 13.3. The highest BCUT2D eigenvalue weighted by atomic mass is 16.7. The number of rotatable bonds is 1. The zero-order chi connectivity index (χ0) is 14.3. The van der Waals surface area contributed by atoms with E-state index in [0.29, 0.717) is 26.1 Å². The first-order valence-corrected chi connectivity index (χ1v) is 7.54. The Morgan fingerprint density at radius 3 is 2.43 bits per heavy atom. The molecule has 0 unspecified atom stereocenters. The Morgan fingerprint density at radius 1 is 0.952 bits per heavy atom. The Hall–Kier alpha value is -1.49. The molecule has 2 aromatic rings. The molecule has 0 radical (unpaired) electrons. The van der Waals surface area contributed by atoms with Crippen molar-refractivity contribution in [3.8, 4) is 0 Å². The highest BCUT2D eigenvalue weighted by molar-refractivity contribution is 5.85. The number of fused-ring (bicyclic) bond motifs is 1. The van der Waals surface area contributed by atoms with Crippen LogP contribution in [0.4, 0.5) is 0 Å². The minimum Gasteiger partial charge on any atom is -0.385 e. The molecule has 1 saturated heterocycles. The van der Waals surface area contributed by atoms with Gasteiger partial charge in [-0.2, -0.15) is 0 Å². The number of aromatic nitrogens is 1. The van der Waals surface area contributed by atoms with Crippen LogP contribution >= 0.6 is 0 Å². The third-order valence-electron chi connectivity index (χ3n) is 4.82. The van der Waals surface area contributed by atoms with Gasteiger partial charge in [0, 0.05) is 36.2 Å². The van der Waals surface area contributed by atoms with Gasteiger partial charge in [-0.3, -0.25) is 4.98 Å². The molecule has 1 aliphatic heterocycles. The summed E-state index contributed by atoms with van der Waals surface area (Å²) < 4.78 is 11.5. The van der Waals surface area contributed by atoms with Crippen molar-refractivity contribution in [1.29, 1.82) is 0 Å². The maximum absolute atomic E-state index is 11.1. The fourth-order valence-corrected chi connectivity index (χ4v) is 3.59. The maximum Gasteiger partial charge on any atom is 0.168 e.